The Morgan fingerprint density at radius 1 is 1.14 bits per heavy atom. The van der Waals surface area contributed by atoms with Crippen LogP contribution < -0.4 is 10.5 Å². The molecule has 0 bridgehead atoms. The summed E-state index contributed by atoms with van der Waals surface area (Å²) in [6, 6.07) is 11.3. The van der Waals surface area contributed by atoms with Gasteiger partial charge in [-0.2, -0.15) is 0 Å². The van der Waals surface area contributed by atoms with E-state index in [1.807, 2.05) is 30.3 Å². The second kappa shape index (κ2) is 5.92. The molecule has 0 N–H and O–H groups in total. The third-order valence-electron chi connectivity index (χ3n) is 3.77. The third-order valence-corrected chi connectivity index (χ3v) is 4.10. The number of morpholine rings is 1. The van der Waals surface area contributed by atoms with Crippen molar-refractivity contribution < 1.29 is 4.74 Å². The van der Waals surface area contributed by atoms with Crippen molar-refractivity contribution >= 4 is 17.3 Å². The normalized spacial score (nSPS) is 15.2. The van der Waals surface area contributed by atoms with Crippen LogP contribution in [-0.4, -0.2) is 30.9 Å². The largest absolute Gasteiger partial charge is 0.378 e. The van der Waals surface area contributed by atoms with Crippen molar-refractivity contribution in [1.82, 2.24) is 4.57 Å². The molecule has 1 aliphatic rings. The van der Waals surface area contributed by atoms with E-state index >= 15 is 0 Å². The van der Waals surface area contributed by atoms with Crippen molar-refractivity contribution in [2.45, 2.75) is 0 Å². The number of hydrogen-bond donors (Lipinski definition) is 0. The van der Waals surface area contributed by atoms with Gasteiger partial charge < -0.3 is 14.2 Å². The highest BCUT2D eigenvalue weighted by Gasteiger charge is 2.15. The molecule has 1 aromatic heterocycles. The number of anilines is 1. The van der Waals surface area contributed by atoms with Crippen molar-refractivity contribution in [3.63, 3.8) is 0 Å². The Balaban J connectivity index is 2.10. The predicted octanol–water partition coefficient (Wildman–Crippen LogP) is 2.54. The van der Waals surface area contributed by atoms with Crippen LogP contribution >= 0.6 is 11.6 Å². The van der Waals surface area contributed by atoms with Crippen LogP contribution in [0.25, 0.3) is 11.3 Å². The molecule has 1 saturated heterocycles. The van der Waals surface area contributed by atoms with Gasteiger partial charge >= 0.3 is 0 Å². The summed E-state index contributed by atoms with van der Waals surface area (Å²) in [4.78, 5) is 14.4. The van der Waals surface area contributed by atoms with Crippen molar-refractivity contribution in [3.05, 3.63) is 51.8 Å². The second-order valence-electron chi connectivity index (χ2n) is 5.08. The van der Waals surface area contributed by atoms with Gasteiger partial charge in [-0.05, 0) is 12.1 Å². The Bertz CT molecular complexity index is 706. The van der Waals surface area contributed by atoms with Crippen molar-refractivity contribution in [3.8, 4) is 11.3 Å². The maximum absolute atomic E-state index is 12.2. The number of halogens is 1. The van der Waals surface area contributed by atoms with E-state index in [0.29, 0.717) is 18.2 Å². The third kappa shape index (κ3) is 2.82. The Labute approximate surface area is 128 Å². The van der Waals surface area contributed by atoms with Crippen LogP contribution in [0.3, 0.4) is 0 Å². The standard InChI is InChI=1S/C16H17ClN2O2/c1-18-15(13-4-2-3-5-14(13)17)10-12(11-16(18)20)19-6-8-21-9-7-19/h2-5,10-11H,6-9H2,1H3. The SMILES string of the molecule is Cn1c(-c2ccccc2Cl)cc(N2CCOCC2)cc1=O. The molecule has 0 radical (unpaired) electrons. The molecule has 21 heavy (non-hydrogen) atoms. The van der Waals surface area contributed by atoms with Crippen LogP contribution in [0.15, 0.2) is 41.2 Å². The fourth-order valence-electron chi connectivity index (χ4n) is 2.55. The molecule has 0 aliphatic carbocycles. The topological polar surface area (TPSA) is 34.5 Å². The lowest BCUT2D eigenvalue weighted by molar-refractivity contribution is 0.122. The van der Waals surface area contributed by atoms with E-state index < -0.39 is 0 Å². The van der Waals surface area contributed by atoms with E-state index in [4.69, 9.17) is 16.3 Å². The molecule has 0 spiro atoms. The molecule has 1 aliphatic heterocycles. The Kier molecular flexibility index (Phi) is 3.99. The predicted molar refractivity (Wildman–Crippen MR) is 85.2 cm³/mol. The van der Waals surface area contributed by atoms with Gasteiger partial charge in [-0.15, -0.1) is 0 Å². The van der Waals surface area contributed by atoms with E-state index in [1.54, 1.807) is 17.7 Å². The molecule has 110 valence electrons. The van der Waals surface area contributed by atoms with Crippen LogP contribution in [0, 0.1) is 0 Å². The number of hydrogen-bond acceptors (Lipinski definition) is 3. The number of ether oxygens (including phenoxy) is 1. The molecule has 3 rings (SSSR count). The fourth-order valence-corrected chi connectivity index (χ4v) is 2.78. The molecule has 5 heteroatoms. The maximum Gasteiger partial charge on any atom is 0.252 e. The molecule has 0 unspecified atom stereocenters. The number of aromatic nitrogens is 1. The highest BCUT2D eigenvalue weighted by Crippen LogP contribution is 2.29. The van der Waals surface area contributed by atoms with Gasteiger partial charge in [0.15, 0.2) is 0 Å². The minimum Gasteiger partial charge on any atom is -0.378 e. The monoisotopic (exact) mass is 304 g/mol. The number of nitrogens with zero attached hydrogens (tertiary/aromatic N) is 2. The van der Waals surface area contributed by atoms with E-state index in [9.17, 15) is 4.79 Å². The highest BCUT2D eigenvalue weighted by molar-refractivity contribution is 6.33. The first-order valence-electron chi connectivity index (χ1n) is 6.95. The van der Waals surface area contributed by atoms with Crippen molar-refractivity contribution in [1.29, 1.82) is 0 Å². The molecule has 0 atom stereocenters. The highest BCUT2D eigenvalue weighted by atomic mass is 35.5. The molecule has 1 aromatic carbocycles. The van der Waals surface area contributed by atoms with Gasteiger partial charge in [0, 0.05) is 42.5 Å². The van der Waals surface area contributed by atoms with Gasteiger partial charge in [0.1, 0.15) is 0 Å². The van der Waals surface area contributed by atoms with Crippen LogP contribution in [0.4, 0.5) is 5.69 Å². The van der Waals surface area contributed by atoms with Crippen molar-refractivity contribution in [2.75, 3.05) is 31.2 Å². The maximum atomic E-state index is 12.2. The summed E-state index contributed by atoms with van der Waals surface area (Å²) in [5.74, 6) is 0. The lowest BCUT2D eigenvalue weighted by Crippen LogP contribution is -2.37. The minimum absolute atomic E-state index is 0.0334. The zero-order valence-electron chi connectivity index (χ0n) is 11.9. The quantitative estimate of drug-likeness (QED) is 0.855. The van der Waals surface area contributed by atoms with E-state index in [2.05, 4.69) is 4.90 Å². The van der Waals surface area contributed by atoms with E-state index in [1.165, 1.54) is 0 Å². The summed E-state index contributed by atoms with van der Waals surface area (Å²) >= 11 is 6.27. The van der Waals surface area contributed by atoms with Gasteiger partial charge in [0.05, 0.1) is 18.9 Å². The Morgan fingerprint density at radius 3 is 2.57 bits per heavy atom. The molecule has 0 amide bonds. The summed E-state index contributed by atoms with van der Waals surface area (Å²) in [6.45, 7) is 2.98. The Hall–Kier alpha value is -1.78. The summed E-state index contributed by atoms with van der Waals surface area (Å²) in [5, 5.41) is 0.645. The van der Waals surface area contributed by atoms with Gasteiger partial charge in [-0.25, -0.2) is 0 Å². The van der Waals surface area contributed by atoms with Gasteiger partial charge in [-0.3, -0.25) is 4.79 Å². The molecule has 2 heterocycles. The first-order chi connectivity index (χ1) is 10.2. The zero-order chi connectivity index (χ0) is 14.8. The van der Waals surface area contributed by atoms with Gasteiger partial charge in [0.2, 0.25) is 0 Å². The van der Waals surface area contributed by atoms with E-state index in [-0.39, 0.29) is 5.56 Å². The van der Waals surface area contributed by atoms with Crippen LogP contribution in [0.5, 0.6) is 0 Å². The minimum atomic E-state index is -0.0334. The Morgan fingerprint density at radius 2 is 1.86 bits per heavy atom. The average Bonchev–Trinajstić information content (AvgIpc) is 2.51. The van der Waals surface area contributed by atoms with Crippen LogP contribution in [0.2, 0.25) is 5.02 Å². The first kappa shape index (κ1) is 14.2. The number of rotatable bonds is 2. The summed E-state index contributed by atoms with van der Waals surface area (Å²) in [7, 11) is 1.77. The molecular formula is C16H17ClN2O2. The summed E-state index contributed by atoms with van der Waals surface area (Å²) < 4.78 is 6.99. The van der Waals surface area contributed by atoms with Crippen LogP contribution in [-0.2, 0) is 11.8 Å². The lowest BCUT2D eigenvalue weighted by Gasteiger charge is -2.29. The fraction of sp³-hybridized carbons (Fsp3) is 0.312. The number of pyridine rings is 1. The smallest absolute Gasteiger partial charge is 0.252 e. The molecule has 2 aromatic rings. The first-order valence-corrected chi connectivity index (χ1v) is 7.33. The van der Waals surface area contributed by atoms with Crippen LogP contribution in [0.1, 0.15) is 0 Å². The zero-order valence-corrected chi connectivity index (χ0v) is 12.6. The lowest BCUT2D eigenvalue weighted by atomic mass is 10.1. The van der Waals surface area contributed by atoms with Gasteiger partial charge in [0.25, 0.3) is 5.56 Å². The number of benzene rings is 1. The average molecular weight is 305 g/mol. The molecular weight excluding hydrogens is 288 g/mol. The second-order valence-corrected chi connectivity index (χ2v) is 5.48. The molecule has 4 nitrogen and oxygen atoms in total. The van der Waals surface area contributed by atoms with Crippen molar-refractivity contribution in [2.24, 2.45) is 7.05 Å². The van der Waals surface area contributed by atoms with Gasteiger partial charge in [-0.1, -0.05) is 29.8 Å². The molecule has 1 fully saturated rings. The van der Waals surface area contributed by atoms with E-state index in [0.717, 1.165) is 30.0 Å². The summed E-state index contributed by atoms with van der Waals surface area (Å²) in [5.41, 5.74) is 2.59. The molecule has 0 saturated carbocycles. The summed E-state index contributed by atoms with van der Waals surface area (Å²) in [6.07, 6.45) is 0.